The van der Waals surface area contributed by atoms with Gasteiger partial charge in [0.2, 0.25) is 0 Å². The minimum atomic E-state index is -0.106. The Labute approximate surface area is 143 Å². The number of guanidine groups is 1. The molecule has 2 rings (SSSR count). The molecule has 1 fully saturated rings. The third-order valence-electron chi connectivity index (χ3n) is 3.38. The van der Waals surface area contributed by atoms with Gasteiger partial charge in [-0.2, -0.15) is 0 Å². The third kappa shape index (κ3) is 5.45. The minimum Gasteiger partial charge on any atom is -0.357 e. The molecule has 118 valence electrons. The van der Waals surface area contributed by atoms with Crippen molar-refractivity contribution in [3.05, 3.63) is 35.6 Å². The van der Waals surface area contributed by atoms with Crippen molar-refractivity contribution in [1.29, 1.82) is 0 Å². The predicted octanol–water partition coefficient (Wildman–Crippen LogP) is 3.51. The zero-order valence-electron chi connectivity index (χ0n) is 12.9. The van der Waals surface area contributed by atoms with Crippen molar-refractivity contribution < 1.29 is 4.39 Å². The number of nitrogens with zero attached hydrogens (tertiary/aromatic N) is 1. The van der Waals surface area contributed by atoms with Gasteiger partial charge in [0.1, 0.15) is 5.82 Å². The van der Waals surface area contributed by atoms with Gasteiger partial charge >= 0.3 is 0 Å². The van der Waals surface area contributed by atoms with Crippen molar-refractivity contribution in [1.82, 2.24) is 10.6 Å². The second-order valence-corrected chi connectivity index (χ2v) is 5.73. The summed E-state index contributed by atoms with van der Waals surface area (Å²) in [7, 11) is 0. The van der Waals surface area contributed by atoms with Crippen LogP contribution < -0.4 is 10.6 Å². The molecule has 5 heteroatoms. The summed E-state index contributed by atoms with van der Waals surface area (Å²) in [5, 5.41) is 6.64. The Kier molecular flexibility index (Phi) is 7.42. The second kappa shape index (κ2) is 8.56. The van der Waals surface area contributed by atoms with Crippen molar-refractivity contribution in [3.8, 4) is 0 Å². The summed E-state index contributed by atoms with van der Waals surface area (Å²) < 4.78 is 13.7. The monoisotopic (exact) mass is 405 g/mol. The van der Waals surface area contributed by atoms with Gasteiger partial charge in [0, 0.05) is 25.0 Å². The summed E-state index contributed by atoms with van der Waals surface area (Å²) in [6, 6.07) is 7.32. The van der Waals surface area contributed by atoms with Crippen molar-refractivity contribution in [2.75, 3.05) is 13.1 Å². The van der Waals surface area contributed by atoms with Gasteiger partial charge in [0.15, 0.2) is 5.96 Å². The van der Waals surface area contributed by atoms with Crippen LogP contribution in [-0.2, 0) is 0 Å². The average Bonchev–Trinajstić information content (AvgIpc) is 3.16. The van der Waals surface area contributed by atoms with Crippen LogP contribution in [0.4, 0.5) is 4.39 Å². The van der Waals surface area contributed by atoms with Gasteiger partial charge in [-0.1, -0.05) is 32.0 Å². The normalized spacial score (nSPS) is 20.9. The maximum absolute atomic E-state index is 13.7. The Morgan fingerprint density at radius 2 is 2.10 bits per heavy atom. The minimum absolute atomic E-state index is 0. The summed E-state index contributed by atoms with van der Waals surface area (Å²) in [6.07, 6.45) is 0.965. The summed E-state index contributed by atoms with van der Waals surface area (Å²) >= 11 is 0. The average molecular weight is 405 g/mol. The van der Waals surface area contributed by atoms with E-state index in [4.69, 9.17) is 0 Å². The van der Waals surface area contributed by atoms with Crippen molar-refractivity contribution in [2.45, 2.75) is 39.2 Å². The molecule has 2 atom stereocenters. The molecule has 0 amide bonds. The quantitative estimate of drug-likeness (QED) is 0.447. The molecular weight excluding hydrogens is 380 g/mol. The predicted molar refractivity (Wildman–Crippen MR) is 96.9 cm³/mol. The van der Waals surface area contributed by atoms with E-state index in [2.05, 4.69) is 29.5 Å². The molecule has 2 unspecified atom stereocenters. The Morgan fingerprint density at radius 3 is 2.71 bits per heavy atom. The summed E-state index contributed by atoms with van der Waals surface area (Å²) in [5.41, 5.74) is 0.810. The Balaban J connectivity index is 0.00000220. The van der Waals surface area contributed by atoms with Gasteiger partial charge in [-0.15, -0.1) is 24.0 Å². The highest BCUT2D eigenvalue weighted by Crippen LogP contribution is 2.41. The SMILES string of the molecule is CCNC(=NCC(C)C)NC1CC1c1ccccc1F.I. The van der Waals surface area contributed by atoms with Crippen LogP contribution >= 0.6 is 24.0 Å². The maximum Gasteiger partial charge on any atom is 0.191 e. The third-order valence-corrected chi connectivity index (χ3v) is 3.38. The fourth-order valence-electron chi connectivity index (χ4n) is 2.24. The highest BCUT2D eigenvalue weighted by molar-refractivity contribution is 14.0. The zero-order chi connectivity index (χ0) is 14.5. The molecule has 1 aliphatic rings. The lowest BCUT2D eigenvalue weighted by atomic mass is 10.1. The van der Waals surface area contributed by atoms with E-state index in [-0.39, 0.29) is 41.8 Å². The van der Waals surface area contributed by atoms with Crippen molar-refractivity contribution >= 4 is 29.9 Å². The standard InChI is InChI=1S/C16H24FN3.HI/c1-4-18-16(19-10-11(2)3)20-15-9-13(15)12-7-5-6-8-14(12)17;/h5-8,11,13,15H,4,9-10H2,1-3H3,(H2,18,19,20);1H. The first-order valence-corrected chi connectivity index (χ1v) is 7.41. The first kappa shape index (κ1) is 18.2. The highest BCUT2D eigenvalue weighted by atomic mass is 127. The number of hydrogen-bond donors (Lipinski definition) is 2. The lowest BCUT2D eigenvalue weighted by Crippen LogP contribution is -2.39. The van der Waals surface area contributed by atoms with Crippen molar-refractivity contribution in [3.63, 3.8) is 0 Å². The summed E-state index contributed by atoms with van der Waals surface area (Å²) in [5.74, 6) is 1.53. The molecule has 0 bridgehead atoms. The summed E-state index contributed by atoms with van der Waals surface area (Å²) in [4.78, 5) is 4.54. The van der Waals surface area contributed by atoms with Crippen LogP contribution in [0.1, 0.15) is 38.7 Å². The van der Waals surface area contributed by atoms with E-state index in [0.717, 1.165) is 31.0 Å². The molecular formula is C16H25FIN3. The van der Waals surface area contributed by atoms with E-state index < -0.39 is 0 Å². The Hall–Kier alpha value is -0.850. The zero-order valence-corrected chi connectivity index (χ0v) is 15.2. The Bertz CT molecular complexity index is 476. The largest absolute Gasteiger partial charge is 0.357 e. The molecule has 0 spiro atoms. The molecule has 1 saturated carbocycles. The van der Waals surface area contributed by atoms with Crippen LogP contribution in [0.3, 0.4) is 0 Å². The number of aliphatic imine (C=N–C) groups is 1. The first-order valence-electron chi connectivity index (χ1n) is 7.41. The first-order chi connectivity index (χ1) is 9.61. The number of rotatable bonds is 5. The molecule has 1 aliphatic carbocycles. The molecule has 3 nitrogen and oxygen atoms in total. The Morgan fingerprint density at radius 1 is 1.38 bits per heavy atom. The van der Waals surface area contributed by atoms with Gasteiger partial charge in [-0.25, -0.2) is 4.39 Å². The van der Waals surface area contributed by atoms with E-state index in [9.17, 15) is 4.39 Å². The molecule has 0 radical (unpaired) electrons. The van der Waals surface area contributed by atoms with Gasteiger partial charge in [0.25, 0.3) is 0 Å². The van der Waals surface area contributed by atoms with Crippen LogP contribution in [0.5, 0.6) is 0 Å². The van der Waals surface area contributed by atoms with Gasteiger partial charge < -0.3 is 10.6 Å². The van der Waals surface area contributed by atoms with Crippen LogP contribution in [0, 0.1) is 11.7 Å². The maximum atomic E-state index is 13.7. The van der Waals surface area contributed by atoms with Crippen LogP contribution in [-0.4, -0.2) is 25.1 Å². The van der Waals surface area contributed by atoms with E-state index in [0.29, 0.717) is 5.92 Å². The van der Waals surface area contributed by atoms with E-state index in [1.165, 1.54) is 6.07 Å². The van der Waals surface area contributed by atoms with Crippen LogP contribution in [0.25, 0.3) is 0 Å². The number of hydrogen-bond acceptors (Lipinski definition) is 1. The van der Waals surface area contributed by atoms with Crippen molar-refractivity contribution in [2.24, 2.45) is 10.9 Å². The molecule has 0 aromatic heterocycles. The molecule has 1 aromatic rings. The number of halogens is 2. The fourth-order valence-corrected chi connectivity index (χ4v) is 2.24. The van der Waals surface area contributed by atoms with E-state index in [1.807, 2.05) is 19.1 Å². The van der Waals surface area contributed by atoms with Gasteiger partial charge in [-0.3, -0.25) is 4.99 Å². The van der Waals surface area contributed by atoms with Gasteiger partial charge in [0.05, 0.1) is 0 Å². The second-order valence-electron chi connectivity index (χ2n) is 5.73. The summed E-state index contributed by atoms with van der Waals surface area (Å²) in [6.45, 7) is 7.97. The fraction of sp³-hybridized carbons (Fsp3) is 0.562. The number of benzene rings is 1. The molecule has 1 aromatic carbocycles. The molecule has 0 saturated heterocycles. The number of nitrogens with one attached hydrogen (secondary N) is 2. The van der Waals surface area contributed by atoms with Crippen LogP contribution in [0.2, 0.25) is 0 Å². The van der Waals surface area contributed by atoms with E-state index in [1.54, 1.807) is 6.07 Å². The lowest BCUT2D eigenvalue weighted by Gasteiger charge is -2.12. The smallest absolute Gasteiger partial charge is 0.191 e. The lowest BCUT2D eigenvalue weighted by molar-refractivity contribution is 0.607. The molecule has 2 N–H and O–H groups in total. The highest BCUT2D eigenvalue weighted by Gasteiger charge is 2.40. The van der Waals surface area contributed by atoms with E-state index >= 15 is 0 Å². The van der Waals surface area contributed by atoms with Gasteiger partial charge in [-0.05, 0) is 30.9 Å². The van der Waals surface area contributed by atoms with Crippen LogP contribution in [0.15, 0.2) is 29.3 Å². The molecule has 0 aliphatic heterocycles. The molecule has 21 heavy (non-hydrogen) atoms. The topological polar surface area (TPSA) is 36.4 Å². The molecule has 0 heterocycles.